The van der Waals surface area contributed by atoms with Gasteiger partial charge >= 0.3 is 12.0 Å². The number of carboxylic acid groups (broad SMARTS) is 1. The molecule has 0 spiro atoms. The van der Waals surface area contributed by atoms with Crippen LogP contribution in [-0.4, -0.2) is 70.0 Å². The summed E-state index contributed by atoms with van der Waals surface area (Å²) in [6.45, 7) is 3.19. The molecule has 0 saturated carbocycles. The molecule has 150 valence electrons. The second-order valence-electron chi connectivity index (χ2n) is 7.09. The summed E-state index contributed by atoms with van der Waals surface area (Å²) >= 11 is 0. The van der Waals surface area contributed by atoms with Crippen LogP contribution in [0.3, 0.4) is 0 Å². The molecule has 0 radical (unpaired) electrons. The molecule has 3 amide bonds. The number of H-pyrrole nitrogens is 1. The number of aromatic nitrogens is 1. The van der Waals surface area contributed by atoms with Crippen LogP contribution in [0.25, 0.3) is 10.9 Å². The van der Waals surface area contributed by atoms with Gasteiger partial charge in [-0.15, -0.1) is 0 Å². The van der Waals surface area contributed by atoms with Crippen LogP contribution in [0, 0.1) is 0 Å². The molecule has 28 heavy (non-hydrogen) atoms. The SMILES string of the molecule is C[C@@H](NC(=O)N1CCN(C(=O)CCCc2c[nH]c3ccccc23)CC1)C(=O)O. The van der Waals surface area contributed by atoms with Gasteiger partial charge in [0.2, 0.25) is 5.91 Å². The predicted octanol–water partition coefficient (Wildman–Crippen LogP) is 1.82. The van der Waals surface area contributed by atoms with Crippen LogP contribution in [0.2, 0.25) is 0 Å². The molecule has 1 aromatic heterocycles. The molecule has 2 aromatic rings. The number of benzene rings is 1. The first kappa shape index (κ1) is 19.7. The zero-order chi connectivity index (χ0) is 20.1. The number of aliphatic carboxylic acids is 1. The number of carbonyl (C=O) groups is 3. The van der Waals surface area contributed by atoms with E-state index in [-0.39, 0.29) is 5.91 Å². The maximum absolute atomic E-state index is 12.5. The van der Waals surface area contributed by atoms with E-state index in [2.05, 4.69) is 16.4 Å². The van der Waals surface area contributed by atoms with Crippen LogP contribution >= 0.6 is 0 Å². The van der Waals surface area contributed by atoms with E-state index in [1.54, 1.807) is 9.80 Å². The first-order chi connectivity index (χ1) is 13.5. The van der Waals surface area contributed by atoms with E-state index in [9.17, 15) is 14.4 Å². The lowest BCUT2D eigenvalue weighted by Gasteiger charge is -2.35. The van der Waals surface area contributed by atoms with E-state index < -0.39 is 18.0 Å². The average molecular weight is 386 g/mol. The Hall–Kier alpha value is -3.03. The Morgan fingerprint density at radius 3 is 2.54 bits per heavy atom. The summed E-state index contributed by atoms with van der Waals surface area (Å²) in [6, 6.07) is 6.79. The van der Waals surface area contributed by atoms with Gasteiger partial charge in [0, 0.05) is 49.7 Å². The number of amides is 3. The molecule has 0 bridgehead atoms. The molecule has 8 heteroatoms. The standard InChI is InChI=1S/C20H26N4O4/c1-14(19(26)27)22-20(28)24-11-9-23(10-12-24)18(25)8-4-5-15-13-21-17-7-3-2-6-16(15)17/h2-3,6-7,13-14,21H,4-5,8-12H2,1H3,(H,22,28)(H,26,27)/t14-/m1/s1. The monoisotopic (exact) mass is 386 g/mol. The quantitative estimate of drug-likeness (QED) is 0.704. The predicted molar refractivity (Wildman–Crippen MR) is 105 cm³/mol. The summed E-state index contributed by atoms with van der Waals surface area (Å²) in [5, 5.41) is 12.5. The molecule has 1 fully saturated rings. The second kappa shape index (κ2) is 8.77. The van der Waals surface area contributed by atoms with Gasteiger partial charge in [-0.3, -0.25) is 9.59 Å². The zero-order valence-electron chi connectivity index (χ0n) is 16.0. The first-order valence-corrected chi connectivity index (χ1v) is 9.56. The van der Waals surface area contributed by atoms with Gasteiger partial charge in [0.1, 0.15) is 6.04 Å². The van der Waals surface area contributed by atoms with Crippen molar-refractivity contribution in [2.75, 3.05) is 26.2 Å². The maximum Gasteiger partial charge on any atom is 0.325 e. The van der Waals surface area contributed by atoms with Gasteiger partial charge in [0.05, 0.1) is 0 Å². The minimum atomic E-state index is -1.07. The van der Waals surface area contributed by atoms with E-state index in [1.165, 1.54) is 17.9 Å². The summed E-state index contributed by atoms with van der Waals surface area (Å²) in [7, 11) is 0. The first-order valence-electron chi connectivity index (χ1n) is 9.56. The van der Waals surface area contributed by atoms with Gasteiger partial charge in [-0.2, -0.15) is 0 Å². The summed E-state index contributed by atoms with van der Waals surface area (Å²) < 4.78 is 0. The van der Waals surface area contributed by atoms with E-state index in [1.807, 2.05) is 24.4 Å². The van der Waals surface area contributed by atoms with Crippen molar-refractivity contribution < 1.29 is 19.5 Å². The van der Waals surface area contributed by atoms with Gasteiger partial charge < -0.3 is 25.2 Å². The molecule has 3 N–H and O–H groups in total. The number of aromatic amines is 1. The zero-order valence-corrected chi connectivity index (χ0v) is 16.0. The van der Waals surface area contributed by atoms with E-state index in [0.717, 1.165) is 18.4 Å². The van der Waals surface area contributed by atoms with Crippen LogP contribution in [0.1, 0.15) is 25.3 Å². The van der Waals surface area contributed by atoms with Gasteiger partial charge in [0.25, 0.3) is 0 Å². The van der Waals surface area contributed by atoms with Crippen molar-refractivity contribution in [2.45, 2.75) is 32.2 Å². The summed E-state index contributed by atoms with van der Waals surface area (Å²) in [6.07, 6.45) is 4.09. The number of aryl methyl sites for hydroxylation is 1. The van der Waals surface area contributed by atoms with Crippen LogP contribution in [-0.2, 0) is 16.0 Å². The Morgan fingerprint density at radius 2 is 1.82 bits per heavy atom. The highest BCUT2D eigenvalue weighted by atomic mass is 16.4. The van der Waals surface area contributed by atoms with E-state index in [4.69, 9.17) is 5.11 Å². The molecule has 1 aliphatic rings. The Balaban J connectivity index is 1.41. The molecule has 0 unspecified atom stereocenters. The highest BCUT2D eigenvalue weighted by Crippen LogP contribution is 2.19. The third-order valence-electron chi connectivity index (χ3n) is 5.14. The lowest BCUT2D eigenvalue weighted by molar-refractivity contribution is -0.138. The van der Waals surface area contributed by atoms with Crippen LogP contribution in [0.5, 0.6) is 0 Å². The number of fused-ring (bicyclic) bond motifs is 1. The average Bonchev–Trinajstić information content (AvgIpc) is 3.11. The lowest BCUT2D eigenvalue weighted by Crippen LogP contribution is -2.55. The summed E-state index contributed by atoms with van der Waals surface area (Å²) in [5.41, 5.74) is 2.33. The molecule has 0 aliphatic carbocycles. The molecule has 2 heterocycles. The fourth-order valence-electron chi connectivity index (χ4n) is 3.42. The Labute approximate surface area is 163 Å². The Kier molecular flexibility index (Phi) is 6.18. The normalized spacial score (nSPS) is 15.5. The van der Waals surface area contributed by atoms with Crippen molar-refractivity contribution in [1.29, 1.82) is 0 Å². The fraction of sp³-hybridized carbons (Fsp3) is 0.450. The molecule has 1 atom stereocenters. The molecular weight excluding hydrogens is 360 g/mol. The van der Waals surface area contributed by atoms with Gasteiger partial charge in [-0.25, -0.2) is 4.79 Å². The topological polar surface area (TPSA) is 106 Å². The Morgan fingerprint density at radius 1 is 1.14 bits per heavy atom. The van der Waals surface area contributed by atoms with Crippen LogP contribution < -0.4 is 5.32 Å². The Bertz CT molecular complexity index is 855. The lowest BCUT2D eigenvalue weighted by atomic mass is 10.1. The van der Waals surface area contributed by atoms with E-state index >= 15 is 0 Å². The second-order valence-corrected chi connectivity index (χ2v) is 7.09. The van der Waals surface area contributed by atoms with Crippen molar-refractivity contribution >= 4 is 28.8 Å². The van der Waals surface area contributed by atoms with Gasteiger partial charge in [-0.1, -0.05) is 18.2 Å². The number of nitrogens with zero attached hydrogens (tertiary/aromatic N) is 2. The number of hydrogen-bond acceptors (Lipinski definition) is 3. The number of rotatable bonds is 6. The number of piperazine rings is 1. The minimum absolute atomic E-state index is 0.0961. The number of nitrogens with one attached hydrogen (secondary N) is 2. The largest absolute Gasteiger partial charge is 0.480 e. The fourth-order valence-corrected chi connectivity index (χ4v) is 3.42. The van der Waals surface area contributed by atoms with E-state index in [0.29, 0.717) is 32.6 Å². The maximum atomic E-state index is 12.5. The third kappa shape index (κ3) is 4.62. The molecule has 3 rings (SSSR count). The molecule has 1 aliphatic heterocycles. The molecule has 8 nitrogen and oxygen atoms in total. The number of hydrogen-bond donors (Lipinski definition) is 3. The number of para-hydroxylation sites is 1. The molecule has 1 saturated heterocycles. The minimum Gasteiger partial charge on any atom is -0.480 e. The number of carboxylic acids is 1. The molecule has 1 aromatic carbocycles. The van der Waals surface area contributed by atoms with Crippen molar-refractivity contribution in [3.63, 3.8) is 0 Å². The van der Waals surface area contributed by atoms with Crippen LogP contribution in [0.4, 0.5) is 4.79 Å². The summed E-state index contributed by atoms with van der Waals surface area (Å²) in [5.74, 6) is -0.976. The number of carbonyl (C=O) groups excluding carboxylic acids is 2. The highest BCUT2D eigenvalue weighted by Gasteiger charge is 2.25. The number of urea groups is 1. The van der Waals surface area contributed by atoms with Gasteiger partial charge in [0.15, 0.2) is 0 Å². The molecular formula is C20H26N4O4. The van der Waals surface area contributed by atoms with Crippen molar-refractivity contribution in [3.05, 3.63) is 36.0 Å². The smallest absolute Gasteiger partial charge is 0.325 e. The van der Waals surface area contributed by atoms with Crippen LogP contribution in [0.15, 0.2) is 30.5 Å². The summed E-state index contributed by atoms with van der Waals surface area (Å²) in [4.78, 5) is 41.9. The van der Waals surface area contributed by atoms with Crippen molar-refractivity contribution in [3.8, 4) is 0 Å². The van der Waals surface area contributed by atoms with Gasteiger partial charge in [-0.05, 0) is 31.4 Å². The third-order valence-corrected chi connectivity index (χ3v) is 5.14. The van der Waals surface area contributed by atoms with Crippen molar-refractivity contribution in [2.24, 2.45) is 0 Å². The highest BCUT2D eigenvalue weighted by molar-refractivity contribution is 5.84. The van der Waals surface area contributed by atoms with Crippen molar-refractivity contribution in [1.82, 2.24) is 20.1 Å².